The minimum atomic E-state index is -0.0723. The Balaban J connectivity index is 0.00000338. The van der Waals surface area contributed by atoms with Gasteiger partial charge >= 0.3 is 0 Å². The van der Waals surface area contributed by atoms with Gasteiger partial charge in [0.2, 0.25) is 0 Å². The zero-order valence-electron chi connectivity index (χ0n) is 15.3. The molecule has 8 heteroatoms. The van der Waals surface area contributed by atoms with E-state index in [0.29, 0.717) is 17.3 Å². The number of aromatic nitrogens is 1. The minimum absolute atomic E-state index is 0. The number of aryl methyl sites for hydroxylation is 1. The summed E-state index contributed by atoms with van der Waals surface area (Å²) in [7, 11) is 0. The number of guanidine groups is 1. The molecule has 1 unspecified atom stereocenters. The van der Waals surface area contributed by atoms with Crippen molar-refractivity contribution in [2.75, 3.05) is 19.6 Å². The van der Waals surface area contributed by atoms with Crippen LogP contribution in [0.1, 0.15) is 23.7 Å². The second-order valence-corrected chi connectivity index (χ2v) is 7.35. The van der Waals surface area contributed by atoms with Crippen LogP contribution in [0, 0.1) is 6.92 Å². The summed E-state index contributed by atoms with van der Waals surface area (Å²) in [5.74, 6) is 1.47. The van der Waals surface area contributed by atoms with Crippen LogP contribution in [-0.2, 0) is 6.42 Å². The Morgan fingerprint density at radius 1 is 1.35 bits per heavy atom. The molecule has 0 amide bonds. The molecule has 0 aliphatic carbocycles. The zero-order chi connectivity index (χ0) is 18.1. The summed E-state index contributed by atoms with van der Waals surface area (Å²) in [6, 6.07) is 7.47. The lowest BCUT2D eigenvalue weighted by molar-refractivity contribution is 0.230. The summed E-state index contributed by atoms with van der Waals surface area (Å²) in [6.45, 7) is 8.23. The van der Waals surface area contributed by atoms with Crippen molar-refractivity contribution < 1.29 is 4.74 Å². The van der Waals surface area contributed by atoms with E-state index in [9.17, 15) is 0 Å². The third-order valence-electron chi connectivity index (χ3n) is 3.32. The predicted octanol–water partition coefficient (Wildman–Crippen LogP) is 4.29. The molecule has 0 aliphatic heterocycles. The van der Waals surface area contributed by atoms with Gasteiger partial charge in [-0.2, -0.15) is 0 Å². The molecule has 0 saturated heterocycles. The molecule has 0 aliphatic rings. The van der Waals surface area contributed by atoms with E-state index in [1.165, 1.54) is 4.88 Å². The third kappa shape index (κ3) is 8.09. The van der Waals surface area contributed by atoms with Gasteiger partial charge in [-0.15, -0.1) is 35.3 Å². The van der Waals surface area contributed by atoms with Gasteiger partial charge < -0.3 is 15.4 Å². The molecule has 0 fully saturated rings. The number of thiazole rings is 1. The highest BCUT2D eigenvalue weighted by atomic mass is 127. The van der Waals surface area contributed by atoms with E-state index in [4.69, 9.17) is 16.3 Å². The fourth-order valence-corrected chi connectivity index (χ4v) is 3.13. The molecule has 5 nitrogen and oxygen atoms in total. The first-order valence-corrected chi connectivity index (χ1v) is 9.62. The topological polar surface area (TPSA) is 58.5 Å². The number of halogens is 2. The second kappa shape index (κ2) is 12.3. The Hall–Kier alpha value is -1.06. The summed E-state index contributed by atoms with van der Waals surface area (Å²) >= 11 is 7.85. The quantitative estimate of drug-likeness (QED) is 0.317. The van der Waals surface area contributed by atoms with Crippen molar-refractivity contribution in [3.63, 3.8) is 0 Å². The molecule has 0 spiro atoms. The van der Waals surface area contributed by atoms with Crippen LogP contribution in [-0.4, -0.2) is 36.7 Å². The molecular formula is C18H26ClIN4OS. The van der Waals surface area contributed by atoms with Crippen molar-refractivity contribution in [2.45, 2.75) is 33.3 Å². The maximum atomic E-state index is 6.12. The molecule has 0 radical (unpaired) electrons. The Morgan fingerprint density at radius 3 is 2.77 bits per heavy atom. The van der Waals surface area contributed by atoms with Gasteiger partial charge in [0.15, 0.2) is 5.96 Å². The first kappa shape index (κ1) is 23.0. The van der Waals surface area contributed by atoms with Crippen LogP contribution in [0.3, 0.4) is 0 Å². The van der Waals surface area contributed by atoms with Crippen molar-refractivity contribution in [3.8, 4) is 5.75 Å². The highest BCUT2D eigenvalue weighted by molar-refractivity contribution is 14.0. The van der Waals surface area contributed by atoms with Gasteiger partial charge in [0.25, 0.3) is 0 Å². The third-order valence-corrected chi connectivity index (χ3v) is 4.60. The molecule has 2 N–H and O–H groups in total. The molecule has 26 heavy (non-hydrogen) atoms. The Morgan fingerprint density at radius 2 is 2.12 bits per heavy atom. The van der Waals surface area contributed by atoms with Crippen molar-refractivity contribution in [1.82, 2.24) is 15.6 Å². The Labute approximate surface area is 181 Å². The monoisotopic (exact) mass is 508 g/mol. The predicted molar refractivity (Wildman–Crippen MR) is 121 cm³/mol. The number of hydrogen-bond acceptors (Lipinski definition) is 4. The molecule has 144 valence electrons. The van der Waals surface area contributed by atoms with E-state index < -0.39 is 0 Å². The first-order valence-electron chi connectivity index (χ1n) is 8.43. The molecule has 1 aromatic carbocycles. The van der Waals surface area contributed by atoms with E-state index in [1.54, 1.807) is 11.3 Å². The van der Waals surface area contributed by atoms with Crippen molar-refractivity contribution in [1.29, 1.82) is 0 Å². The fraction of sp³-hybridized carbons (Fsp3) is 0.444. The second-order valence-electron chi connectivity index (χ2n) is 5.62. The number of aliphatic imine (C=N–C) groups is 1. The van der Waals surface area contributed by atoms with Gasteiger partial charge in [-0.25, -0.2) is 9.98 Å². The van der Waals surface area contributed by atoms with Crippen molar-refractivity contribution in [2.24, 2.45) is 4.99 Å². The Bertz CT molecular complexity index is 695. The van der Waals surface area contributed by atoms with Crippen molar-refractivity contribution >= 4 is 52.9 Å². The first-order chi connectivity index (χ1) is 12.1. The maximum absolute atomic E-state index is 6.12. The summed E-state index contributed by atoms with van der Waals surface area (Å²) in [4.78, 5) is 10.2. The van der Waals surface area contributed by atoms with Gasteiger partial charge in [0.05, 0.1) is 16.6 Å². The molecule has 2 rings (SSSR count). The van der Waals surface area contributed by atoms with E-state index in [0.717, 1.165) is 30.5 Å². The number of para-hydroxylation sites is 1. The molecule has 1 heterocycles. The summed E-state index contributed by atoms with van der Waals surface area (Å²) < 4.78 is 5.85. The number of hydrogen-bond donors (Lipinski definition) is 2. The number of ether oxygens (including phenoxy) is 1. The smallest absolute Gasteiger partial charge is 0.191 e. The van der Waals surface area contributed by atoms with Crippen LogP contribution >= 0.6 is 46.9 Å². The summed E-state index contributed by atoms with van der Waals surface area (Å²) in [6.07, 6.45) is 2.72. The molecule has 0 bridgehead atoms. The molecule has 1 atom stereocenters. The highest BCUT2D eigenvalue weighted by Crippen LogP contribution is 2.24. The number of nitrogens with zero attached hydrogens (tertiary/aromatic N) is 2. The van der Waals surface area contributed by atoms with Crippen LogP contribution in [0.25, 0.3) is 0 Å². The lowest BCUT2D eigenvalue weighted by atomic mass is 10.3. The van der Waals surface area contributed by atoms with Crippen LogP contribution < -0.4 is 15.4 Å². The number of benzene rings is 1. The standard InChI is InChI=1S/C18H25ClN4OS.HI/c1-4-20-18(21-10-9-17-22-12-14(3)25-17)23-11-13(2)24-16-8-6-5-7-15(16)19;/h5-8,12-13H,4,9-11H2,1-3H3,(H2,20,21,23);1H. The molecule has 1 aromatic heterocycles. The summed E-state index contributed by atoms with van der Waals surface area (Å²) in [5.41, 5.74) is 0. The van der Waals surface area contributed by atoms with Crippen LogP contribution in [0.5, 0.6) is 5.75 Å². The van der Waals surface area contributed by atoms with Gasteiger partial charge in [-0.3, -0.25) is 0 Å². The molecule has 2 aromatic rings. The van der Waals surface area contributed by atoms with Crippen LogP contribution in [0.15, 0.2) is 35.5 Å². The fourth-order valence-electron chi connectivity index (χ4n) is 2.16. The van der Waals surface area contributed by atoms with Gasteiger partial charge in [-0.05, 0) is 32.9 Å². The van der Waals surface area contributed by atoms with E-state index in [-0.39, 0.29) is 30.1 Å². The van der Waals surface area contributed by atoms with Gasteiger partial charge in [0, 0.05) is 30.6 Å². The SMILES string of the molecule is CCNC(=NCC(C)Oc1ccccc1Cl)NCCc1ncc(C)s1.I. The van der Waals surface area contributed by atoms with Gasteiger partial charge in [-0.1, -0.05) is 23.7 Å². The van der Waals surface area contributed by atoms with Crippen LogP contribution in [0.2, 0.25) is 5.02 Å². The Kier molecular flexibility index (Phi) is 10.9. The van der Waals surface area contributed by atoms with E-state index in [1.807, 2.05) is 44.3 Å². The largest absolute Gasteiger partial charge is 0.487 e. The summed E-state index contributed by atoms with van der Waals surface area (Å²) in [5, 5.41) is 8.33. The van der Waals surface area contributed by atoms with Gasteiger partial charge in [0.1, 0.15) is 11.9 Å². The number of nitrogens with one attached hydrogen (secondary N) is 2. The molecule has 0 saturated carbocycles. The molecular weight excluding hydrogens is 483 g/mol. The average Bonchev–Trinajstić information content (AvgIpc) is 3.00. The minimum Gasteiger partial charge on any atom is -0.487 e. The average molecular weight is 509 g/mol. The number of rotatable bonds is 8. The van der Waals surface area contributed by atoms with E-state index >= 15 is 0 Å². The highest BCUT2D eigenvalue weighted by Gasteiger charge is 2.07. The maximum Gasteiger partial charge on any atom is 0.191 e. The lowest BCUT2D eigenvalue weighted by Gasteiger charge is -2.15. The normalized spacial score (nSPS) is 12.2. The lowest BCUT2D eigenvalue weighted by Crippen LogP contribution is -2.39. The van der Waals surface area contributed by atoms with Crippen LogP contribution in [0.4, 0.5) is 0 Å². The zero-order valence-corrected chi connectivity index (χ0v) is 19.2. The van der Waals surface area contributed by atoms with Crippen molar-refractivity contribution in [3.05, 3.63) is 45.4 Å². The van der Waals surface area contributed by atoms with E-state index in [2.05, 4.69) is 27.5 Å².